The second kappa shape index (κ2) is 21.3. The van der Waals surface area contributed by atoms with Crippen molar-refractivity contribution in [3.8, 4) is 10.8 Å². The number of unbranched alkanes of at least 4 members (excludes halogenated alkanes) is 1. The third-order valence-corrected chi connectivity index (χ3v) is 10.6. The smallest absolute Gasteiger partial charge is 0.461 e. The third kappa shape index (κ3) is 16.2. The van der Waals surface area contributed by atoms with Gasteiger partial charge in [0.25, 0.3) is 5.89 Å². The van der Waals surface area contributed by atoms with Crippen LogP contribution in [0.3, 0.4) is 0 Å². The lowest BCUT2D eigenvalue weighted by Crippen LogP contribution is -2.43. The minimum atomic E-state index is -4.24. The molecule has 2 atom stereocenters. The Morgan fingerprint density at radius 1 is 0.966 bits per heavy atom. The number of thiophene rings is 1. The largest absolute Gasteiger partial charge is 0.535 e. The van der Waals surface area contributed by atoms with E-state index < -0.39 is 70.7 Å². The maximum absolute atomic E-state index is 13.1. The van der Waals surface area contributed by atoms with Crippen LogP contribution in [0.5, 0.6) is 0 Å². The summed E-state index contributed by atoms with van der Waals surface area (Å²) >= 11 is 0.869. The molecule has 0 radical (unpaired) electrons. The number of ether oxygens (including phenoxy) is 4. The zero-order valence-electron chi connectivity index (χ0n) is 34.2. The summed E-state index contributed by atoms with van der Waals surface area (Å²) in [5, 5.41) is 21.1. The zero-order valence-corrected chi connectivity index (χ0v) is 35.8. The highest BCUT2D eigenvalue weighted by molar-refractivity contribution is 7.91. The molecule has 0 aromatic carbocycles. The van der Waals surface area contributed by atoms with Crippen molar-refractivity contribution in [1.29, 1.82) is 0 Å². The molecule has 2 unspecified atom stereocenters. The SMILES string of the molecule is CCCC1CC(=NOC(=O)OCCOC(=O)C(CCCCNC(=O)OC(C)(C)C)NC(=O)CCNC(=O)OC(C)(C)C)c2c(S(N)(=O)=O)sc(-c3nc(C)no3)c2C1. The van der Waals surface area contributed by atoms with Crippen LogP contribution in [-0.2, 0) is 49.8 Å². The number of oxime groups is 1. The molecule has 0 spiro atoms. The monoisotopic (exact) mass is 857 g/mol. The number of hydrogen-bond donors (Lipinski definition) is 4. The van der Waals surface area contributed by atoms with Crippen LogP contribution in [0.1, 0.15) is 110 Å². The number of sulfonamides is 1. The van der Waals surface area contributed by atoms with E-state index in [-0.39, 0.29) is 59.6 Å². The number of carbonyl (C=O) groups excluding carboxylic acids is 5. The van der Waals surface area contributed by atoms with Crippen molar-refractivity contribution in [3.63, 3.8) is 0 Å². The summed E-state index contributed by atoms with van der Waals surface area (Å²) in [7, 11) is -4.24. The zero-order chi connectivity index (χ0) is 43.3. The molecule has 3 amide bonds. The molecule has 3 rings (SSSR count). The number of fused-ring (bicyclic) bond motifs is 1. The first-order valence-electron chi connectivity index (χ1n) is 18.9. The summed E-state index contributed by atoms with van der Waals surface area (Å²) in [4.78, 5) is 72.0. The first-order chi connectivity index (χ1) is 27.1. The van der Waals surface area contributed by atoms with Gasteiger partial charge in [0.1, 0.15) is 34.7 Å². The van der Waals surface area contributed by atoms with Gasteiger partial charge >= 0.3 is 24.3 Å². The van der Waals surface area contributed by atoms with Gasteiger partial charge in [0, 0.05) is 25.1 Å². The molecule has 0 aliphatic heterocycles. The van der Waals surface area contributed by atoms with Crippen molar-refractivity contribution in [2.45, 2.75) is 128 Å². The summed E-state index contributed by atoms with van der Waals surface area (Å²) in [5.74, 6) is -0.853. The van der Waals surface area contributed by atoms with Gasteiger partial charge in [0.2, 0.25) is 15.9 Å². The Labute approximate surface area is 341 Å². The Kier molecular flexibility index (Phi) is 17.4. The molecule has 22 heteroatoms. The lowest BCUT2D eigenvalue weighted by atomic mass is 9.81. The second-order valence-electron chi connectivity index (χ2n) is 15.4. The molecule has 2 heterocycles. The molecule has 0 fully saturated rings. The topological polar surface area (TPSA) is 279 Å². The van der Waals surface area contributed by atoms with Crippen molar-refractivity contribution >= 4 is 57.3 Å². The number of rotatable bonds is 18. The maximum atomic E-state index is 13.1. The number of nitrogens with one attached hydrogen (secondary N) is 3. The van der Waals surface area contributed by atoms with Crippen molar-refractivity contribution < 1.29 is 60.7 Å². The highest BCUT2D eigenvalue weighted by atomic mass is 32.2. The Hall–Kier alpha value is -4.83. The van der Waals surface area contributed by atoms with E-state index in [9.17, 15) is 32.4 Å². The molecule has 58 heavy (non-hydrogen) atoms. The first kappa shape index (κ1) is 47.5. The van der Waals surface area contributed by atoms with E-state index in [1.807, 2.05) is 6.92 Å². The van der Waals surface area contributed by atoms with Crippen molar-refractivity contribution in [2.75, 3.05) is 26.3 Å². The van der Waals surface area contributed by atoms with Crippen LogP contribution in [0, 0.1) is 12.8 Å². The van der Waals surface area contributed by atoms with Crippen LogP contribution in [0.2, 0.25) is 0 Å². The first-order valence-corrected chi connectivity index (χ1v) is 21.2. The summed E-state index contributed by atoms with van der Waals surface area (Å²) in [6.45, 7) is 13.3. The number of primary sulfonamides is 1. The fourth-order valence-corrected chi connectivity index (χ4v) is 7.94. The Balaban J connectivity index is 1.61. The van der Waals surface area contributed by atoms with E-state index in [2.05, 4.69) is 31.2 Å². The average molecular weight is 858 g/mol. The third-order valence-electron chi connectivity index (χ3n) is 7.92. The van der Waals surface area contributed by atoms with Gasteiger partial charge in [-0.1, -0.05) is 30.1 Å². The number of aromatic nitrogens is 2. The van der Waals surface area contributed by atoms with Crippen molar-refractivity contribution in [3.05, 3.63) is 17.0 Å². The van der Waals surface area contributed by atoms with Crippen LogP contribution >= 0.6 is 11.3 Å². The van der Waals surface area contributed by atoms with Crippen molar-refractivity contribution in [1.82, 2.24) is 26.1 Å². The van der Waals surface area contributed by atoms with Gasteiger partial charge in [-0.3, -0.25) is 9.63 Å². The van der Waals surface area contributed by atoms with Crippen LogP contribution in [0.4, 0.5) is 14.4 Å². The molecule has 2 aromatic rings. The van der Waals surface area contributed by atoms with E-state index in [4.69, 9.17) is 33.4 Å². The molecule has 2 aromatic heterocycles. The minimum absolute atomic E-state index is 0.0249. The lowest BCUT2D eigenvalue weighted by molar-refractivity contribution is -0.149. The Morgan fingerprint density at radius 3 is 2.19 bits per heavy atom. The number of alkyl carbamates (subject to hydrolysis) is 2. The molecule has 0 saturated carbocycles. The molecular weight excluding hydrogens is 803 g/mol. The highest BCUT2D eigenvalue weighted by Crippen LogP contribution is 2.44. The quantitative estimate of drug-likeness (QED) is 0.0524. The van der Waals surface area contributed by atoms with E-state index in [0.717, 1.165) is 24.2 Å². The fraction of sp³-hybridized carbons (Fsp3) is 0.667. The highest BCUT2D eigenvalue weighted by Gasteiger charge is 2.36. The standard InChI is InChI=1S/C36H55N7O13S2/c1-9-12-22-19-23-27(31(58(37,49)50)57-28(23)29-40-21(2)42-55-29)25(20-22)43-56-34(48)52-18-17-51-30(45)24(13-10-11-15-38-32(46)53-35(3,4)5)41-26(44)14-16-39-33(47)54-36(6,7)8/h22,24H,9-20H2,1-8H3,(H,38,46)(H,39,47)(H,41,44)(H2,37,49,50). The van der Waals surface area contributed by atoms with E-state index in [0.29, 0.717) is 35.5 Å². The normalized spacial score (nSPS) is 15.5. The molecule has 0 bridgehead atoms. The molecule has 5 N–H and O–H groups in total. The van der Waals surface area contributed by atoms with E-state index in [1.54, 1.807) is 48.5 Å². The average Bonchev–Trinajstić information content (AvgIpc) is 3.70. The number of nitrogens with zero attached hydrogens (tertiary/aromatic N) is 3. The van der Waals surface area contributed by atoms with Crippen LogP contribution in [0.25, 0.3) is 10.8 Å². The molecule has 1 aliphatic rings. The molecular formula is C36H55N7O13S2. The molecule has 20 nitrogen and oxygen atoms in total. The summed E-state index contributed by atoms with van der Waals surface area (Å²) in [6.07, 6.45) is 0.636. The summed E-state index contributed by atoms with van der Waals surface area (Å²) in [5.41, 5.74) is -0.423. The van der Waals surface area contributed by atoms with Gasteiger partial charge < -0.3 is 39.4 Å². The van der Waals surface area contributed by atoms with Gasteiger partial charge in [0.05, 0.1) is 10.6 Å². The number of hydrogen-bond acceptors (Lipinski definition) is 17. The maximum Gasteiger partial charge on any atom is 0.535 e. The minimum Gasteiger partial charge on any atom is -0.461 e. The van der Waals surface area contributed by atoms with Crippen LogP contribution < -0.4 is 21.1 Å². The van der Waals surface area contributed by atoms with Gasteiger partial charge in [-0.25, -0.2) is 32.7 Å². The Bertz CT molecular complexity index is 1900. The fourth-order valence-electron chi connectivity index (χ4n) is 5.70. The predicted molar refractivity (Wildman–Crippen MR) is 209 cm³/mol. The van der Waals surface area contributed by atoms with Crippen molar-refractivity contribution in [2.24, 2.45) is 16.2 Å². The number of aryl methyl sites for hydroxylation is 1. The number of esters is 1. The Morgan fingerprint density at radius 2 is 1.60 bits per heavy atom. The van der Waals surface area contributed by atoms with Gasteiger partial charge in [-0.2, -0.15) is 4.98 Å². The summed E-state index contributed by atoms with van der Waals surface area (Å²) < 4.78 is 51.2. The second-order valence-corrected chi connectivity index (χ2v) is 18.2. The van der Waals surface area contributed by atoms with E-state index in [1.165, 1.54) is 0 Å². The van der Waals surface area contributed by atoms with Crippen LogP contribution in [0.15, 0.2) is 13.9 Å². The molecule has 1 aliphatic carbocycles. The number of carbonyl (C=O) groups is 5. The van der Waals surface area contributed by atoms with E-state index >= 15 is 0 Å². The molecule has 324 valence electrons. The van der Waals surface area contributed by atoms with Crippen LogP contribution in [-0.4, -0.2) is 98.0 Å². The predicted octanol–water partition coefficient (Wildman–Crippen LogP) is 4.61. The van der Waals surface area contributed by atoms with Gasteiger partial charge in [-0.15, -0.1) is 11.3 Å². The lowest BCUT2D eigenvalue weighted by Gasteiger charge is -2.24. The molecule has 0 saturated heterocycles. The number of amides is 3. The number of nitrogens with two attached hydrogens (primary N) is 1. The van der Waals surface area contributed by atoms with Gasteiger partial charge in [-0.05, 0) is 92.1 Å². The summed E-state index contributed by atoms with van der Waals surface area (Å²) in [6, 6.07) is -1.11. The van der Waals surface area contributed by atoms with Gasteiger partial charge in [0.15, 0.2) is 5.82 Å².